The Bertz CT molecular complexity index is 893. The predicted octanol–water partition coefficient (Wildman–Crippen LogP) is 4.25. The highest BCUT2D eigenvalue weighted by molar-refractivity contribution is 7.12. The molecule has 1 aromatic carbocycles. The molecule has 2 amide bonds. The Morgan fingerprint density at radius 1 is 1.13 bits per heavy atom. The number of para-hydroxylation sites is 1. The van der Waals surface area contributed by atoms with Gasteiger partial charge >= 0.3 is 0 Å². The lowest BCUT2D eigenvalue weighted by atomic mass is 9.97. The fourth-order valence-electron chi connectivity index (χ4n) is 4.43. The van der Waals surface area contributed by atoms with Crippen LogP contribution < -0.4 is 14.8 Å². The van der Waals surface area contributed by atoms with Crippen LogP contribution in [-0.4, -0.2) is 43.0 Å². The summed E-state index contributed by atoms with van der Waals surface area (Å²) in [6, 6.07) is 9.51. The first-order chi connectivity index (χ1) is 15.2. The van der Waals surface area contributed by atoms with Gasteiger partial charge in [0.05, 0.1) is 24.0 Å². The molecule has 7 heteroatoms. The van der Waals surface area contributed by atoms with Crippen LogP contribution in [0.5, 0.6) is 11.5 Å². The number of rotatable bonds is 7. The zero-order chi connectivity index (χ0) is 21.6. The van der Waals surface area contributed by atoms with E-state index in [2.05, 4.69) is 5.32 Å². The molecule has 31 heavy (non-hydrogen) atoms. The highest BCUT2D eigenvalue weighted by atomic mass is 32.1. The van der Waals surface area contributed by atoms with Gasteiger partial charge in [0.2, 0.25) is 5.91 Å². The van der Waals surface area contributed by atoms with Crippen molar-refractivity contribution in [3.63, 3.8) is 0 Å². The second kappa shape index (κ2) is 10.2. The Hall–Kier alpha value is -2.54. The molecule has 1 atom stereocenters. The van der Waals surface area contributed by atoms with E-state index in [1.165, 1.54) is 24.2 Å². The Morgan fingerprint density at radius 3 is 2.71 bits per heavy atom. The van der Waals surface area contributed by atoms with E-state index in [0.29, 0.717) is 25.4 Å². The lowest BCUT2D eigenvalue weighted by molar-refractivity contribution is -0.126. The number of hydrogen-bond acceptors (Lipinski definition) is 5. The van der Waals surface area contributed by atoms with Gasteiger partial charge in [-0.2, -0.15) is 0 Å². The number of hydrogen-bond donors (Lipinski definition) is 1. The summed E-state index contributed by atoms with van der Waals surface area (Å²) in [6.07, 6.45) is 6.33. The third-order valence-corrected chi connectivity index (χ3v) is 6.99. The SMILES string of the molecule is COc1cccc(CNC(=O)C2CCCN(C(=O)c3cccs3)C2)c1OC1CCCC1. The predicted molar refractivity (Wildman–Crippen MR) is 121 cm³/mol. The molecule has 0 bridgehead atoms. The van der Waals surface area contributed by atoms with Crippen molar-refractivity contribution in [2.45, 2.75) is 51.2 Å². The molecule has 2 heterocycles. The third kappa shape index (κ3) is 5.21. The molecule has 4 rings (SSSR count). The molecule has 6 nitrogen and oxygen atoms in total. The van der Waals surface area contributed by atoms with Gasteiger partial charge in [0.1, 0.15) is 0 Å². The molecular formula is C24H30N2O4S. The first-order valence-corrected chi connectivity index (χ1v) is 12.0. The van der Waals surface area contributed by atoms with Crippen molar-refractivity contribution in [3.05, 3.63) is 46.2 Å². The number of benzene rings is 1. The number of thiophene rings is 1. The van der Waals surface area contributed by atoms with Crippen molar-refractivity contribution in [1.29, 1.82) is 0 Å². The van der Waals surface area contributed by atoms with Crippen LogP contribution in [0.3, 0.4) is 0 Å². The largest absolute Gasteiger partial charge is 0.493 e. The van der Waals surface area contributed by atoms with Crippen molar-refractivity contribution in [2.75, 3.05) is 20.2 Å². The van der Waals surface area contributed by atoms with E-state index in [0.717, 1.165) is 41.9 Å². The first-order valence-electron chi connectivity index (χ1n) is 11.1. The molecule has 2 aliphatic rings. The topological polar surface area (TPSA) is 67.9 Å². The molecule has 1 unspecified atom stereocenters. The number of carbonyl (C=O) groups excluding carboxylic acids is 2. The molecule has 1 aromatic heterocycles. The maximum absolute atomic E-state index is 12.9. The molecule has 1 N–H and O–H groups in total. The number of carbonyl (C=O) groups is 2. The number of amides is 2. The second-order valence-corrected chi connectivity index (χ2v) is 9.21. The van der Waals surface area contributed by atoms with Gasteiger partial charge in [-0.15, -0.1) is 11.3 Å². The fourth-order valence-corrected chi connectivity index (χ4v) is 5.12. The second-order valence-electron chi connectivity index (χ2n) is 8.26. The normalized spacial score (nSPS) is 19.3. The minimum atomic E-state index is -0.192. The quantitative estimate of drug-likeness (QED) is 0.696. The van der Waals surface area contributed by atoms with Gasteiger partial charge in [0.25, 0.3) is 5.91 Å². The van der Waals surface area contributed by atoms with Crippen LogP contribution in [-0.2, 0) is 11.3 Å². The Kier molecular flexibility index (Phi) is 7.12. The molecule has 1 saturated carbocycles. The van der Waals surface area contributed by atoms with Crippen LogP contribution >= 0.6 is 11.3 Å². The van der Waals surface area contributed by atoms with E-state index in [1.807, 2.05) is 35.7 Å². The average Bonchev–Trinajstić information content (AvgIpc) is 3.52. The van der Waals surface area contributed by atoms with E-state index in [9.17, 15) is 9.59 Å². The van der Waals surface area contributed by atoms with Crippen LogP contribution in [0.2, 0.25) is 0 Å². The number of nitrogens with zero attached hydrogens (tertiary/aromatic N) is 1. The van der Waals surface area contributed by atoms with Crippen molar-refractivity contribution < 1.29 is 19.1 Å². The highest BCUT2D eigenvalue weighted by Gasteiger charge is 2.29. The van der Waals surface area contributed by atoms with Gasteiger partial charge in [-0.05, 0) is 56.0 Å². The molecule has 1 aliphatic carbocycles. The Labute approximate surface area is 187 Å². The van der Waals surface area contributed by atoms with Crippen molar-refractivity contribution in [3.8, 4) is 11.5 Å². The summed E-state index contributed by atoms with van der Waals surface area (Å²) >= 11 is 1.44. The van der Waals surface area contributed by atoms with Gasteiger partial charge < -0.3 is 19.7 Å². The van der Waals surface area contributed by atoms with E-state index < -0.39 is 0 Å². The molecule has 1 saturated heterocycles. The molecule has 1 aliphatic heterocycles. The van der Waals surface area contributed by atoms with Gasteiger partial charge in [-0.25, -0.2) is 0 Å². The van der Waals surface area contributed by atoms with Gasteiger partial charge in [-0.3, -0.25) is 9.59 Å². The standard InChI is InChI=1S/C24H30N2O4S/c1-29-20-11-4-7-17(22(20)30-19-9-2-3-10-19)15-25-23(27)18-8-5-13-26(16-18)24(28)21-12-6-14-31-21/h4,6-7,11-12,14,18-19H,2-3,5,8-10,13,15-16H2,1H3,(H,25,27). The molecule has 166 valence electrons. The molecule has 0 spiro atoms. The van der Waals surface area contributed by atoms with E-state index in [1.54, 1.807) is 12.0 Å². The number of ether oxygens (including phenoxy) is 2. The minimum absolute atomic E-state index is 0.0154. The zero-order valence-electron chi connectivity index (χ0n) is 18.0. The molecular weight excluding hydrogens is 412 g/mol. The zero-order valence-corrected chi connectivity index (χ0v) is 18.8. The summed E-state index contributed by atoms with van der Waals surface area (Å²) in [7, 11) is 1.64. The first kappa shape index (κ1) is 21.7. The van der Waals surface area contributed by atoms with Crippen LogP contribution in [0.4, 0.5) is 0 Å². The molecule has 2 fully saturated rings. The molecule has 2 aromatic rings. The van der Waals surface area contributed by atoms with Crippen LogP contribution in [0.15, 0.2) is 35.7 Å². The van der Waals surface area contributed by atoms with Crippen LogP contribution in [0.25, 0.3) is 0 Å². The monoisotopic (exact) mass is 442 g/mol. The lowest BCUT2D eigenvalue weighted by Crippen LogP contribution is -2.45. The van der Waals surface area contributed by atoms with Gasteiger partial charge in [-0.1, -0.05) is 18.2 Å². The summed E-state index contributed by atoms with van der Waals surface area (Å²) < 4.78 is 11.8. The summed E-state index contributed by atoms with van der Waals surface area (Å²) in [6.45, 7) is 1.55. The summed E-state index contributed by atoms with van der Waals surface area (Å²) in [4.78, 5) is 28.1. The Balaban J connectivity index is 1.38. The van der Waals surface area contributed by atoms with E-state index in [4.69, 9.17) is 9.47 Å². The van der Waals surface area contributed by atoms with Crippen LogP contribution in [0.1, 0.15) is 53.8 Å². The summed E-state index contributed by atoms with van der Waals surface area (Å²) in [5, 5.41) is 4.97. The highest BCUT2D eigenvalue weighted by Crippen LogP contribution is 2.35. The maximum atomic E-state index is 12.9. The van der Waals surface area contributed by atoms with E-state index >= 15 is 0 Å². The van der Waals surface area contributed by atoms with Gasteiger partial charge in [0.15, 0.2) is 11.5 Å². The number of piperidine rings is 1. The summed E-state index contributed by atoms with van der Waals surface area (Å²) in [5.74, 6) is 1.24. The maximum Gasteiger partial charge on any atom is 0.263 e. The number of nitrogens with one attached hydrogen (secondary N) is 1. The fraction of sp³-hybridized carbons (Fsp3) is 0.500. The average molecular weight is 443 g/mol. The van der Waals surface area contributed by atoms with Crippen LogP contribution in [0, 0.1) is 5.92 Å². The van der Waals surface area contributed by atoms with Crippen molar-refractivity contribution in [1.82, 2.24) is 10.2 Å². The smallest absolute Gasteiger partial charge is 0.263 e. The van der Waals surface area contributed by atoms with E-state index in [-0.39, 0.29) is 23.8 Å². The lowest BCUT2D eigenvalue weighted by Gasteiger charge is -2.31. The number of likely N-dealkylation sites (tertiary alicyclic amines) is 1. The summed E-state index contributed by atoms with van der Waals surface area (Å²) in [5.41, 5.74) is 0.918. The minimum Gasteiger partial charge on any atom is -0.493 e. The van der Waals surface area contributed by atoms with Crippen molar-refractivity contribution >= 4 is 23.2 Å². The molecule has 0 radical (unpaired) electrons. The Morgan fingerprint density at radius 2 is 1.97 bits per heavy atom. The van der Waals surface area contributed by atoms with Crippen molar-refractivity contribution in [2.24, 2.45) is 5.92 Å². The van der Waals surface area contributed by atoms with Gasteiger partial charge in [0, 0.05) is 25.2 Å². The third-order valence-electron chi connectivity index (χ3n) is 6.13. The number of methoxy groups -OCH3 is 1.